The van der Waals surface area contributed by atoms with Crippen LogP contribution in [0, 0.1) is 6.92 Å². The average Bonchev–Trinajstić information content (AvgIpc) is 3.48. The largest absolute Gasteiger partial charge is 0.329 e. The molecule has 0 fully saturated rings. The predicted octanol–water partition coefficient (Wildman–Crippen LogP) is 7.51. The number of benzene rings is 3. The number of amides is 2. The van der Waals surface area contributed by atoms with Crippen LogP contribution < -0.4 is 4.90 Å². The van der Waals surface area contributed by atoms with Crippen LogP contribution in [0.3, 0.4) is 0 Å². The summed E-state index contributed by atoms with van der Waals surface area (Å²) in [6.45, 7) is 6.92. The van der Waals surface area contributed by atoms with Crippen molar-refractivity contribution in [2.75, 3.05) is 18.0 Å². The lowest BCUT2D eigenvalue weighted by atomic mass is 9.97. The van der Waals surface area contributed by atoms with Gasteiger partial charge in [0.15, 0.2) is 0 Å². The van der Waals surface area contributed by atoms with Gasteiger partial charge in [-0.1, -0.05) is 80.8 Å². The van der Waals surface area contributed by atoms with Gasteiger partial charge < -0.3 is 9.47 Å². The first-order valence-electron chi connectivity index (χ1n) is 14.5. The molecule has 4 aromatic rings. The molecule has 1 aromatic heterocycles. The molecule has 5 nitrogen and oxygen atoms in total. The van der Waals surface area contributed by atoms with Gasteiger partial charge in [0, 0.05) is 18.3 Å². The van der Waals surface area contributed by atoms with Gasteiger partial charge in [-0.15, -0.1) is 0 Å². The molecule has 5 heteroatoms. The molecule has 2 amide bonds. The number of anilines is 1. The van der Waals surface area contributed by atoms with E-state index in [2.05, 4.69) is 61.9 Å². The summed E-state index contributed by atoms with van der Waals surface area (Å²) in [5.74, 6) is -0.182. The Bertz CT molecular complexity index is 1450. The maximum atomic E-state index is 14.3. The van der Waals surface area contributed by atoms with Crippen molar-refractivity contribution in [3.05, 3.63) is 119 Å². The van der Waals surface area contributed by atoms with E-state index in [0.717, 1.165) is 54.7 Å². The van der Waals surface area contributed by atoms with Gasteiger partial charge >= 0.3 is 0 Å². The highest BCUT2D eigenvalue weighted by Gasteiger charge is 2.37. The van der Waals surface area contributed by atoms with Crippen LogP contribution in [0.15, 0.2) is 91.1 Å². The highest BCUT2D eigenvalue weighted by atomic mass is 16.2. The van der Waals surface area contributed by atoms with E-state index in [9.17, 15) is 9.59 Å². The summed E-state index contributed by atoms with van der Waals surface area (Å²) in [6.07, 6.45) is 7.13. The Morgan fingerprint density at radius 1 is 0.800 bits per heavy atom. The summed E-state index contributed by atoms with van der Waals surface area (Å²) in [5.41, 5.74) is 6.94. The molecule has 1 atom stereocenters. The lowest BCUT2D eigenvalue weighted by Crippen LogP contribution is -2.47. The number of para-hydroxylation sites is 2. The quantitative estimate of drug-likeness (QED) is 0.212. The Kier molecular flexibility index (Phi) is 8.49. The molecule has 0 aliphatic carbocycles. The molecule has 0 bridgehead atoms. The van der Waals surface area contributed by atoms with Crippen molar-refractivity contribution < 1.29 is 9.59 Å². The van der Waals surface area contributed by atoms with Crippen molar-refractivity contribution >= 4 is 17.5 Å². The Hall–Kier alpha value is -4.12. The summed E-state index contributed by atoms with van der Waals surface area (Å²) < 4.78 is 2.17. The highest BCUT2D eigenvalue weighted by molar-refractivity contribution is 6.02. The van der Waals surface area contributed by atoms with Gasteiger partial charge in [0.05, 0.1) is 17.1 Å². The minimum absolute atomic E-state index is 0.0217. The number of hydrogen-bond acceptors (Lipinski definition) is 2. The van der Waals surface area contributed by atoms with E-state index in [4.69, 9.17) is 0 Å². The summed E-state index contributed by atoms with van der Waals surface area (Å²) in [4.78, 5) is 31.7. The molecule has 0 saturated carbocycles. The van der Waals surface area contributed by atoms with Gasteiger partial charge in [0.2, 0.25) is 5.91 Å². The first-order valence-corrected chi connectivity index (χ1v) is 14.5. The number of aromatic nitrogens is 1. The first-order chi connectivity index (χ1) is 19.5. The smallest absolute Gasteiger partial charge is 0.254 e. The van der Waals surface area contributed by atoms with E-state index >= 15 is 0 Å². The normalized spacial score (nSPS) is 14.0. The molecule has 0 saturated heterocycles. The van der Waals surface area contributed by atoms with Crippen LogP contribution in [0.25, 0.3) is 5.69 Å². The molecule has 1 unspecified atom stereocenters. The first kappa shape index (κ1) is 27.4. The number of rotatable bonds is 10. The number of carbonyl (C=O) groups excluding carboxylic acids is 2. The van der Waals surface area contributed by atoms with Crippen LogP contribution in [0.4, 0.5) is 5.69 Å². The fourth-order valence-corrected chi connectivity index (χ4v) is 5.54. The van der Waals surface area contributed by atoms with E-state index < -0.39 is 0 Å². The minimum Gasteiger partial charge on any atom is -0.329 e. The SMILES string of the molecule is CCCCc1ccc(C(=O)N(CCCC)CC(=O)N2c3ccccc3-n3cccc3C2c2ccc(C)cc2)cc1. The molecule has 5 rings (SSSR count). The van der Waals surface area contributed by atoms with E-state index in [0.29, 0.717) is 12.1 Å². The number of hydrogen-bond donors (Lipinski definition) is 0. The Balaban J connectivity index is 1.49. The second-order valence-corrected chi connectivity index (χ2v) is 10.7. The Labute approximate surface area is 238 Å². The van der Waals surface area contributed by atoms with E-state index in [1.807, 2.05) is 59.5 Å². The Morgan fingerprint density at radius 2 is 1.50 bits per heavy atom. The molecular weight excluding hydrogens is 494 g/mol. The number of aryl methyl sites for hydroxylation is 2. The summed E-state index contributed by atoms with van der Waals surface area (Å²) in [7, 11) is 0. The highest BCUT2D eigenvalue weighted by Crippen LogP contribution is 2.42. The van der Waals surface area contributed by atoms with E-state index in [1.54, 1.807) is 4.90 Å². The van der Waals surface area contributed by atoms with Crippen molar-refractivity contribution in [1.29, 1.82) is 0 Å². The molecule has 1 aliphatic heterocycles. The minimum atomic E-state index is -0.293. The number of carbonyl (C=O) groups is 2. The van der Waals surface area contributed by atoms with E-state index in [1.165, 1.54) is 11.1 Å². The molecular formula is C35H39N3O2. The molecule has 206 valence electrons. The molecule has 40 heavy (non-hydrogen) atoms. The molecule has 3 aromatic carbocycles. The monoisotopic (exact) mass is 533 g/mol. The third-order valence-corrected chi connectivity index (χ3v) is 7.80. The van der Waals surface area contributed by atoms with Gasteiger partial charge in [0.25, 0.3) is 5.91 Å². The third-order valence-electron chi connectivity index (χ3n) is 7.80. The van der Waals surface area contributed by atoms with Gasteiger partial charge in [0.1, 0.15) is 12.6 Å². The zero-order chi connectivity index (χ0) is 28.1. The predicted molar refractivity (Wildman–Crippen MR) is 162 cm³/mol. The Morgan fingerprint density at radius 3 is 2.20 bits per heavy atom. The summed E-state index contributed by atoms with van der Waals surface area (Å²) in [5, 5.41) is 0. The van der Waals surface area contributed by atoms with Crippen molar-refractivity contribution in [3.8, 4) is 5.69 Å². The van der Waals surface area contributed by atoms with Crippen molar-refractivity contribution in [1.82, 2.24) is 9.47 Å². The zero-order valence-electron chi connectivity index (χ0n) is 23.8. The standard InChI is InChI=1S/C35H39N3O2/c1-4-6-11-27-17-21-29(22-18-27)35(40)36(23-7-5-2)25-33(39)38-31-13-9-8-12-30(31)37-24-10-14-32(37)34(38)28-19-15-26(3)16-20-28/h8-10,12-22,24,34H,4-7,11,23,25H2,1-3H3. The fraction of sp³-hybridized carbons (Fsp3) is 0.314. The van der Waals surface area contributed by atoms with Crippen LogP contribution in [0.5, 0.6) is 0 Å². The number of nitrogens with zero attached hydrogens (tertiary/aromatic N) is 3. The molecule has 1 aliphatic rings. The van der Waals surface area contributed by atoms with Crippen LogP contribution in [-0.2, 0) is 11.2 Å². The maximum absolute atomic E-state index is 14.3. The molecule has 0 N–H and O–H groups in total. The summed E-state index contributed by atoms with van der Waals surface area (Å²) >= 11 is 0. The van der Waals surface area contributed by atoms with Gasteiger partial charge in [-0.3, -0.25) is 14.5 Å². The van der Waals surface area contributed by atoms with Crippen molar-refractivity contribution in [3.63, 3.8) is 0 Å². The van der Waals surface area contributed by atoms with Crippen LogP contribution >= 0.6 is 0 Å². The van der Waals surface area contributed by atoms with Crippen LogP contribution in [0.2, 0.25) is 0 Å². The lowest BCUT2D eigenvalue weighted by Gasteiger charge is -2.39. The van der Waals surface area contributed by atoms with Gasteiger partial charge in [-0.05, 0) is 73.7 Å². The van der Waals surface area contributed by atoms with Crippen molar-refractivity contribution in [2.45, 2.75) is 58.9 Å². The van der Waals surface area contributed by atoms with Crippen molar-refractivity contribution in [2.24, 2.45) is 0 Å². The topological polar surface area (TPSA) is 45.6 Å². The summed E-state index contributed by atoms with van der Waals surface area (Å²) in [6, 6.07) is 28.1. The third kappa shape index (κ3) is 5.60. The van der Waals surface area contributed by atoms with Crippen LogP contribution in [0.1, 0.15) is 78.3 Å². The molecule has 0 spiro atoms. The van der Waals surface area contributed by atoms with E-state index in [-0.39, 0.29) is 24.4 Å². The molecule has 2 heterocycles. The average molecular weight is 534 g/mol. The second kappa shape index (κ2) is 12.4. The van der Waals surface area contributed by atoms with Gasteiger partial charge in [-0.2, -0.15) is 0 Å². The molecule has 0 radical (unpaired) electrons. The second-order valence-electron chi connectivity index (χ2n) is 10.7. The number of unbranched alkanes of at least 4 members (excludes halogenated alkanes) is 2. The lowest BCUT2D eigenvalue weighted by molar-refractivity contribution is -0.119. The van der Waals surface area contributed by atoms with Crippen LogP contribution in [-0.4, -0.2) is 34.4 Å². The maximum Gasteiger partial charge on any atom is 0.254 e. The van der Waals surface area contributed by atoms with Gasteiger partial charge in [-0.25, -0.2) is 0 Å². The zero-order valence-corrected chi connectivity index (χ0v) is 23.8. The fourth-order valence-electron chi connectivity index (χ4n) is 5.54. The number of fused-ring (bicyclic) bond motifs is 3.